The number of anilines is 1. The van der Waals surface area contributed by atoms with Crippen molar-refractivity contribution in [1.82, 2.24) is 25.2 Å². The zero-order valence-corrected chi connectivity index (χ0v) is 16.0. The Bertz CT molecular complexity index is 1220. The lowest BCUT2D eigenvalue weighted by molar-refractivity contribution is -0.116. The fourth-order valence-corrected chi connectivity index (χ4v) is 4.15. The maximum atomic E-state index is 12.8. The van der Waals surface area contributed by atoms with Gasteiger partial charge < -0.3 is 5.32 Å². The zero-order valence-electron chi connectivity index (χ0n) is 15.2. The monoisotopic (exact) mass is 401 g/mol. The minimum absolute atomic E-state index is 0.347. The number of aromatic nitrogens is 5. The summed E-state index contributed by atoms with van der Waals surface area (Å²) in [6.07, 6.45) is 2.14. The number of hydrogen-bond acceptors (Lipinski definition) is 7. The first-order chi connectivity index (χ1) is 14.2. The van der Waals surface area contributed by atoms with Gasteiger partial charge in [0.1, 0.15) is 5.01 Å². The average Bonchev–Trinajstić information content (AvgIpc) is 3.30. The van der Waals surface area contributed by atoms with E-state index in [0.29, 0.717) is 22.6 Å². The number of carbonyl (C=O) groups excluding carboxylic acids is 1. The summed E-state index contributed by atoms with van der Waals surface area (Å²) in [4.78, 5) is 17.2. The van der Waals surface area contributed by atoms with Crippen LogP contribution >= 0.6 is 11.3 Å². The van der Waals surface area contributed by atoms with E-state index in [4.69, 9.17) is 0 Å². The van der Waals surface area contributed by atoms with E-state index in [1.807, 2.05) is 47.1 Å². The molecule has 5 rings (SSSR count). The standard InChI is InChI=1S/C20H15N7OS/c21-11-15(20-23-16-6-1-2-7-17(16)29-20)19(28)22-13-5-3-4-12(10-13)18-24-25-26-27(18)14-8-9-14/h1-7,10,14-15H,8-9H2,(H,22,28)/t15-/m0/s1. The van der Waals surface area contributed by atoms with Gasteiger partial charge in [-0.1, -0.05) is 24.3 Å². The lowest BCUT2D eigenvalue weighted by atomic mass is 10.1. The van der Waals surface area contributed by atoms with E-state index in [0.717, 1.165) is 28.6 Å². The van der Waals surface area contributed by atoms with Crippen molar-refractivity contribution in [3.8, 4) is 17.5 Å². The molecule has 2 heterocycles. The van der Waals surface area contributed by atoms with E-state index >= 15 is 0 Å². The van der Waals surface area contributed by atoms with E-state index in [9.17, 15) is 10.1 Å². The average molecular weight is 401 g/mol. The molecule has 8 nitrogen and oxygen atoms in total. The molecule has 9 heteroatoms. The molecule has 1 N–H and O–H groups in total. The lowest BCUT2D eigenvalue weighted by Crippen LogP contribution is -2.19. The fourth-order valence-electron chi connectivity index (χ4n) is 3.14. The number of tetrazole rings is 1. The number of carbonyl (C=O) groups is 1. The molecular formula is C20H15N7OS. The van der Waals surface area contributed by atoms with Crippen LogP contribution in [0.15, 0.2) is 48.5 Å². The second kappa shape index (κ2) is 7.07. The van der Waals surface area contributed by atoms with E-state index in [1.54, 1.807) is 6.07 Å². The van der Waals surface area contributed by atoms with Gasteiger partial charge in [-0.3, -0.25) is 4.79 Å². The normalized spacial score (nSPS) is 14.4. The first-order valence-corrected chi connectivity index (χ1v) is 9.99. The molecule has 0 aliphatic heterocycles. The Labute approximate surface area is 169 Å². The Morgan fingerprint density at radius 3 is 2.90 bits per heavy atom. The van der Waals surface area contributed by atoms with Crippen LogP contribution in [0, 0.1) is 11.3 Å². The molecule has 142 valence electrons. The first-order valence-electron chi connectivity index (χ1n) is 9.17. The molecular weight excluding hydrogens is 386 g/mol. The molecule has 0 bridgehead atoms. The minimum Gasteiger partial charge on any atom is -0.325 e. The topological polar surface area (TPSA) is 109 Å². The van der Waals surface area contributed by atoms with Gasteiger partial charge in [0, 0.05) is 11.3 Å². The Hall–Kier alpha value is -3.64. The number of benzene rings is 2. The van der Waals surface area contributed by atoms with Crippen molar-refractivity contribution in [2.45, 2.75) is 24.8 Å². The highest BCUT2D eigenvalue weighted by molar-refractivity contribution is 7.18. The smallest absolute Gasteiger partial charge is 0.248 e. The van der Waals surface area contributed by atoms with Crippen LogP contribution in [0.5, 0.6) is 0 Å². The molecule has 0 radical (unpaired) electrons. The van der Waals surface area contributed by atoms with E-state index in [-0.39, 0.29) is 0 Å². The van der Waals surface area contributed by atoms with E-state index < -0.39 is 11.8 Å². The summed E-state index contributed by atoms with van der Waals surface area (Å²) in [7, 11) is 0. The highest BCUT2D eigenvalue weighted by Gasteiger charge is 2.28. The molecule has 2 aromatic heterocycles. The third-order valence-corrected chi connectivity index (χ3v) is 5.82. The van der Waals surface area contributed by atoms with Gasteiger partial charge in [-0.2, -0.15) is 5.26 Å². The predicted octanol–water partition coefficient (Wildman–Crippen LogP) is 3.53. The van der Waals surface area contributed by atoms with Crippen LogP contribution in [0.3, 0.4) is 0 Å². The molecule has 2 aromatic carbocycles. The summed E-state index contributed by atoms with van der Waals surface area (Å²) < 4.78 is 2.77. The maximum absolute atomic E-state index is 12.8. The number of para-hydroxylation sites is 1. The highest BCUT2D eigenvalue weighted by atomic mass is 32.1. The molecule has 1 aliphatic rings. The van der Waals surface area contributed by atoms with Crippen LogP contribution in [-0.4, -0.2) is 31.1 Å². The molecule has 29 heavy (non-hydrogen) atoms. The molecule has 0 spiro atoms. The van der Waals surface area contributed by atoms with Gasteiger partial charge in [0.15, 0.2) is 11.7 Å². The number of nitrogens with zero attached hydrogens (tertiary/aromatic N) is 6. The van der Waals surface area contributed by atoms with Gasteiger partial charge >= 0.3 is 0 Å². The zero-order chi connectivity index (χ0) is 19.8. The van der Waals surface area contributed by atoms with Crippen LogP contribution in [0.25, 0.3) is 21.6 Å². The number of hydrogen-bond donors (Lipinski definition) is 1. The van der Waals surface area contributed by atoms with Gasteiger partial charge in [-0.25, -0.2) is 9.67 Å². The lowest BCUT2D eigenvalue weighted by Gasteiger charge is -2.09. The van der Waals surface area contributed by atoms with Crippen LogP contribution in [0.2, 0.25) is 0 Å². The van der Waals surface area contributed by atoms with Gasteiger partial charge in [-0.05, 0) is 47.5 Å². The van der Waals surface area contributed by atoms with Crippen LogP contribution in [0.4, 0.5) is 5.69 Å². The molecule has 1 atom stereocenters. The van der Waals surface area contributed by atoms with Crippen molar-refractivity contribution in [3.05, 3.63) is 53.5 Å². The molecule has 1 fully saturated rings. The van der Waals surface area contributed by atoms with Crippen molar-refractivity contribution in [1.29, 1.82) is 5.26 Å². The summed E-state index contributed by atoms with van der Waals surface area (Å²) >= 11 is 1.36. The maximum Gasteiger partial charge on any atom is 0.248 e. The molecule has 1 amide bonds. The summed E-state index contributed by atoms with van der Waals surface area (Å²) in [6, 6.07) is 17.3. The van der Waals surface area contributed by atoms with Gasteiger partial charge in [-0.15, -0.1) is 16.4 Å². The predicted molar refractivity (Wildman–Crippen MR) is 108 cm³/mol. The summed E-state index contributed by atoms with van der Waals surface area (Å²) in [6.45, 7) is 0. The number of thiazole rings is 1. The number of rotatable bonds is 5. The fraction of sp³-hybridized carbons (Fsp3) is 0.200. The summed E-state index contributed by atoms with van der Waals surface area (Å²) in [5, 5.41) is 24.9. The van der Waals surface area contributed by atoms with Crippen LogP contribution in [-0.2, 0) is 4.79 Å². The highest BCUT2D eigenvalue weighted by Crippen LogP contribution is 2.37. The summed E-state index contributed by atoms with van der Waals surface area (Å²) in [5.74, 6) is -0.718. The van der Waals surface area contributed by atoms with Gasteiger partial charge in [0.2, 0.25) is 5.91 Å². The quantitative estimate of drug-likeness (QED) is 0.548. The molecule has 0 unspecified atom stereocenters. The minimum atomic E-state index is -0.979. The van der Waals surface area contributed by atoms with Crippen molar-refractivity contribution in [2.24, 2.45) is 0 Å². The Balaban J connectivity index is 1.40. The van der Waals surface area contributed by atoms with Crippen LogP contribution < -0.4 is 5.32 Å². The summed E-state index contributed by atoms with van der Waals surface area (Å²) in [5.41, 5.74) is 2.18. The van der Waals surface area contributed by atoms with Crippen molar-refractivity contribution < 1.29 is 4.79 Å². The second-order valence-electron chi connectivity index (χ2n) is 6.83. The number of nitrogens with one attached hydrogen (secondary N) is 1. The number of amides is 1. The van der Waals surface area contributed by atoms with E-state index in [2.05, 4.69) is 31.9 Å². The van der Waals surface area contributed by atoms with Crippen molar-refractivity contribution in [3.63, 3.8) is 0 Å². The van der Waals surface area contributed by atoms with Crippen molar-refractivity contribution in [2.75, 3.05) is 5.32 Å². The Morgan fingerprint density at radius 2 is 2.10 bits per heavy atom. The Morgan fingerprint density at radius 1 is 1.24 bits per heavy atom. The van der Waals surface area contributed by atoms with Crippen molar-refractivity contribution >= 4 is 33.1 Å². The largest absolute Gasteiger partial charge is 0.325 e. The van der Waals surface area contributed by atoms with E-state index in [1.165, 1.54) is 11.3 Å². The molecule has 1 aliphatic carbocycles. The van der Waals surface area contributed by atoms with Gasteiger partial charge in [0.25, 0.3) is 0 Å². The molecule has 0 saturated heterocycles. The SMILES string of the molecule is N#C[C@@H](C(=O)Nc1cccc(-c2nnnn2C2CC2)c1)c1nc2ccccc2s1. The van der Waals surface area contributed by atoms with Crippen LogP contribution in [0.1, 0.15) is 29.8 Å². The third kappa shape index (κ3) is 3.34. The van der Waals surface area contributed by atoms with Gasteiger partial charge in [0.05, 0.1) is 22.3 Å². The second-order valence-corrected chi connectivity index (χ2v) is 7.89. The third-order valence-electron chi connectivity index (χ3n) is 4.72. The number of nitriles is 1. The number of fused-ring (bicyclic) bond motifs is 1. The first kappa shape index (κ1) is 17.5. The molecule has 1 saturated carbocycles. The molecule has 4 aromatic rings. The Kier molecular flexibility index (Phi) is 4.26.